The lowest BCUT2D eigenvalue weighted by Crippen LogP contribution is -2.29. The number of benzene rings is 2. The van der Waals surface area contributed by atoms with Gasteiger partial charge in [-0.1, -0.05) is 38.1 Å². The highest BCUT2D eigenvalue weighted by atomic mass is 16.6. The summed E-state index contributed by atoms with van der Waals surface area (Å²) in [7, 11) is 0. The van der Waals surface area contributed by atoms with E-state index in [4.69, 9.17) is 4.74 Å². The zero-order valence-corrected chi connectivity index (χ0v) is 16.5. The molecule has 0 spiro atoms. The Hall–Kier alpha value is -3.15. The van der Waals surface area contributed by atoms with E-state index in [1.165, 1.54) is 6.07 Å². The third-order valence-electron chi connectivity index (χ3n) is 5.59. The molecule has 1 aliphatic carbocycles. The van der Waals surface area contributed by atoms with Crippen molar-refractivity contribution in [3.8, 4) is 0 Å². The highest BCUT2D eigenvalue weighted by Gasteiger charge is 2.38. The fraction of sp³-hybridized carbons (Fsp3) is 0.348. The van der Waals surface area contributed by atoms with E-state index in [2.05, 4.69) is 17.5 Å². The third kappa shape index (κ3) is 3.75. The van der Waals surface area contributed by atoms with Gasteiger partial charge in [0.25, 0.3) is 5.69 Å². The maximum atomic E-state index is 12.4. The first-order valence-corrected chi connectivity index (χ1v) is 9.92. The minimum absolute atomic E-state index is 0.0267. The summed E-state index contributed by atoms with van der Waals surface area (Å²) < 4.78 is 5.38. The molecule has 29 heavy (non-hydrogen) atoms. The smallest absolute Gasteiger partial charge is 0.338 e. The van der Waals surface area contributed by atoms with Crippen molar-refractivity contribution in [3.63, 3.8) is 0 Å². The number of hydrogen-bond acceptors (Lipinski definition) is 5. The number of non-ortho nitro benzene ring substituents is 1. The van der Waals surface area contributed by atoms with Gasteiger partial charge in [0.05, 0.1) is 23.1 Å². The molecule has 0 saturated carbocycles. The van der Waals surface area contributed by atoms with E-state index in [1.54, 1.807) is 18.2 Å². The molecule has 2 aromatic rings. The number of ether oxygens (including phenoxy) is 1. The Morgan fingerprint density at radius 1 is 1.28 bits per heavy atom. The monoisotopic (exact) mass is 392 g/mol. The maximum Gasteiger partial charge on any atom is 0.338 e. The quantitative estimate of drug-likeness (QED) is 0.326. The lowest BCUT2D eigenvalue weighted by Gasteiger charge is -2.37. The number of carbonyl (C=O) groups is 1. The predicted octanol–water partition coefficient (Wildman–Crippen LogP) is 5.23. The third-order valence-corrected chi connectivity index (χ3v) is 5.59. The zero-order chi connectivity index (χ0) is 20.5. The van der Waals surface area contributed by atoms with Gasteiger partial charge in [-0.25, -0.2) is 4.79 Å². The van der Waals surface area contributed by atoms with Crippen LogP contribution in [0.2, 0.25) is 0 Å². The lowest BCUT2D eigenvalue weighted by atomic mass is 9.76. The van der Waals surface area contributed by atoms with E-state index in [0.717, 1.165) is 23.2 Å². The second-order valence-corrected chi connectivity index (χ2v) is 8.12. The van der Waals surface area contributed by atoms with E-state index in [0.29, 0.717) is 12.2 Å². The van der Waals surface area contributed by atoms with E-state index in [9.17, 15) is 14.9 Å². The molecule has 3 atom stereocenters. The fourth-order valence-electron chi connectivity index (χ4n) is 4.21. The van der Waals surface area contributed by atoms with Crippen LogP contribution in [0.4, 0.5) is 11.4 Å². The van der Waals surface area contributed by atoms with Gasteiger partial charge in [-0.3, -0.25) is 10.1 Å². The van der Waals surface area contributed by atoms with Crippen molar-refractivity contribution in [3.05, 3.63) is 81.4 Å². The maximum absolute atomic E-state index is 12.4. The molecular weight excluding hydrogens is 368 g/mol. The Kier molecular flexibility index (Phi) is 5.09. The van der Waals surface area contributed by atoms with Crippen LogP contribution >= 0.6 is 0 Å². The Morgan fingerprint density at radius 3 is 2.86 bits per heavy atom. The molecule has 2 aromatic carbocycles. The average molecular weight is 392 g/mol. The van der Waals surface area contributed by atoms with Gasteiger partial charge in [0, 0.05) is 23.7 Å². The summed E-state index contributed by atoms with van der Waals surface area (Å²) in [5.41, 5.74) is 3.59. The molecule has 0 amide bonds. The van der Waals surface area contributed by atoms with Gasteiger partial charge in [0.1, 0.15) is 0 Å². The summed E-state index contributed by atoms with van der Waals surface area (Å²) in [5.74, 6) is 0.386. The largest absolute Gasteiger partial charge is 0.462 e. The summed E-state index contributed by atoms with van der Waals surface area (Å²) in [4.78, 5) is 23.2. The molecule has 1 aliphatic heterocycles. The molecule has 150 valence electrons. The SMILES string of the molecule is CC(C)COC(=O)c1ccc2c(c1)[C@H]1C=CC[C@@H]1[C@H](c1cccc([N+](=O)[O-])c1)N2. The van der Waals surface area contributed by atoms with E-state index >= 15 is 0 Å². The fourth-order valence-corrected chi connectivity index (χ4v) is 4.21. The average Bonchev–Trinajstić information content (AvgIpc) is 3.21. The summed E-state index contributed by atoms with van der Waals surface area (Å²) in [5, 5.41) is 14.7. The number of rotatable bonds is 5. The number of nitrogens with zero attached hydrogens (tertiary/aromatic N) is 1. The molecule has 0 fully saturated rings. The number of nitro benzene ring substituents is 1. The van der Waals surface area contributed by atoms with Crippen molar-refractivity contribution in [1.29, 1.82) is 0 Å². The Balaban J connectivity index is 1.65. The predicted molar refractivity (Wildman–Crippen MR) is 111 cm³/mol. The number of anilines is 1. The first kappa shape index (κ1) is 19.2. The second kappa shape index (κ2) is 7.70. The minimum Gasteiger partial charge on any atom is -0.462 e. The van der Waals surface area contributed by atoms with E-state index < -0.39 is 0 Å². The van der Waals surface area contributed by atoms with Crippen LogP contribution in [0.25, 0.3) is 0 Å². The summed E-state index contributed by atoms with van der Waals surface area (Å²) in [6.45, 7) is 4.41. The minimum atomic E-state index is -0.361. The molecule has 6 nitrogen and oxygen atoms in total. The summed E-state index contributed by atoms with van der Waals surface area (Å²) in [6, 6.07) is 12.4. The van der Waals surface area contributed by atoms with Crippen LogP contribution in [0.5, 0.6) is 0 Å². The van der Waals surface area contributed by atoms with Crippen LogP contribution < -0.4 is 5.32 Å². The molecule has 0 radical (unpaired) electrons. The van der Waals surface area contributed by atoms with Gasteiger partial charge in [-0.05, 0) is 47.6 Å². The zero-order valence-electron chi connectivity index (χ0n) is 16.5. The van der Waals surface area contributed by atoms with Crippen LogP contribution in [-0.2, 0) is 4.74 Å². The topological polar surface area (TPSA) is 81.5 Å². The van der Waals surface area contributed by atoms with Gasteiger partial charge in [0.2, 0.25) is 0 Å². The van der Waals surface area contributed by atoms with Crippen molar-refractivity contribution >= 4 is 17.3 Å². The van der Waals surface area contributed by atoms with Crippen LogP contribution in [0, 0.1) is 22.0 Å². The molecule has 4 rings (SSSR count). The molecule has 1 heterocycles. The molecular formula is C23H24N2O4. The first-order valence-electron chi connectivity index (χ1n) is 9.92. The van der Waals surface area contributed by atoms with Crippen molar-refractivity contribution in [2.45, 2.75) is 32.2 Å². The molecule has 6 heteroatoms. The Morgan fingerprint density at radius 2 is 2.10 bits per heavy atom. The van der Waals surface area contributed by atoms with E-state index in [1.807, 2.05) is 32.0 Å². The van der Waals surface area contributed by atoms with Gasteiger partial charge >= 0.3 is 5.97 Å². The Labute approximate surface area is 169 Å². The molecule has 0 saturated heterocycles. The number of esters is 1. The van der Waals surface area contributed by atoms with Crippen LogP contribution in [-0.4, -0.2) is 17.5 Å². The van der Waals surface area contributed by atoms with Crippen LogP contribution in [0.3, 0.4) is 0 Å². The van der Waals surface area contributed by atoms with Gasteiger partial charge in [0.15, 0.2) is 0 Å². The molecule has 2 aliphatic rings. The normalized spacial score (nSPS) is 22.0. The molecule has 1 N–H and O–H groups in total. The number of nitrogens with one attached hydrogen (secondary N) is 1. The van der Waals surface area contributed by atoms with Crippen molar-refractivity contribution in [2.24, 2.45) is 11.8 Å². The van der Waals surface area contributed by atoms with Gasteiger partial charge in [-0.2, -0.15) is 0 Å². The number of carbonyl (C=O) groups excluding carboxylic acids is 1. The van der Waals surface area contributed by atoms with Crippen molar-refractivity contribution in [2.75, 3.05) is 11.9 Å². The van der Waals surface area contributed by atoms with Crippen molar-refractivity contribution < 1.29 is 14.5 Å². The van der Waals surface area contributed by atoms with Crippen LogP contribution in [0.1, 0.15) is 53.7 Å². The number of hydrogen-bond donors (Lipinski definition) is 1. The van der Waals surface area contributed by atoms with E-state index in [-0.39, 0.29) is 40.4 Å². The highest BCUT2D eigenvalue weighted by molar-refractivity contribution is 5.90. The molecule has 0 unspecified atom stereocenters. The highest BCUT2D eigenvalue weighted by Crippen LogP contribution is 2.50. The standard InChI is InChI=1S/C23H24N2O4/c1-14(2)13-29-23(26)16-9-10-21-20(12-16)18-7-4-8-19(18)22(24-21)15-5-3-6-17(11-15)25(27)28/h3-7,9-12,14,18-19,22,24H,8,13H2,1-2H3/t18-,19-,22-/m0/s1. The van der Waals surface area contributed by atoms with Crippen molar-refractivity contribution in [1.82, 2.24) is 0 Å². The summed E-state index contributed by atoms with van der Waals surface area (Å²) >= 11 is 0. The molecule has 0 bridgehead atoms. The number of allylic oxidation sites excluding steroid dienone is 2. The van der Waals surface area contributed by atoms with Gasteiger partial charge < -0.3 is 10.1 Å². The second-order valence-electron chi connectivity index (χ2n) is 8.12. The lowest BCUT2D eigenvalue weighted by molar-refractivity contribution is -0.384. The Bertz CT molecular complexity index is 983. The number of nitro groups is 1. The van der Waals surface area contributed by atoms with Gasteiger partial charge in [-0.15, -0.1) is 0 Å². The number of fused-ring (bicyclic) bond motifs is 3. The molecule has 0 aromatic heterocycles. The van der Waals surface area contributed by atoms with Crippen LogP contribution in [0.15, 0.2) is 54.6 Å². The first-order chi connectivity index (χ1) is 13.9. The summed E-state index contributed by atoms with van der Waals surface area (Å²) in [6.07, 6.45) is 5.21.